The van der Waals surface area contributed by atoms with Gasteiger partial charge in [0.15, 0.2) is 0 Å². The SMILES string of the molecule is CCCCCCCCCc1c(OC)ccc(C(=O)O)c1CCCC=N. The molecular formula is C21H33NO3. The second-order valence-electron chi connectivity index (χ2n) is 6.55. The van der Waals surface area contributed by atoms with Gasteiger partial charge in [-0.2, -0.15) is 0 Å². The van der Waals surface area contributed by atoms with Gasteiger partial charge in [-0.3, -0.25) is 0 Å². The third kappa shape index (κ3) is 7.29. The van der Waals surface area contributed by atoms with E-state index in [-0.39, 0.29) is 0 Å². The molecule has 0 aliphatic rings. The van der Waals surface area contributed by atoms with Crippen molar-refractivity contribution in [2.75, 3.05) is 7.11 Å². The number of ether oxygens (including phenoxy) is 1. The standard InChI is InChI=1S/C21H33NO3/c1-3-4-5-6-7-8-9-13-18-17(12-10-11-16-22)19(21(23)24)14-15-20(18)25-2/h14-16,22H,3-13H2,1-2H3,(H,23,24). The number of benzene rings is 1. The van der Waals surface area contributed by atoms with Gasteiger partial charge in [0, 0.05) is 0 Å². The Labute approximate surface area is 152 Å². The maximum atomic E-state index is 11.6. The van der Waals surface area contributed by atoms with E-state index in [0.29, 0.717) is 18.4 Å². The lowest BCUT2D eigenvalue weighted by atomic mass is 9.92. The van der Waals surface area contributed by atoms with Crippen LogP contribution in [0.3, 0.4) is 0 Å². The van der Waals surface area contributed by atoms with Crippen molar-refractivity contribution in [3.05, 3.63) is 28.8 Å². The van der Waals surface area contributed by atoms with Crippen LogP contribution in [0.1, 0.15) is 86.2 Å². The van der Waals surface area contributed by atoms with Crippen LogP contribution in [0.2, 0.25) is 0 Å². The van der Waals surface area contributed by atoms with E-state index >= 15 is 0 Å². The highest BCUT2D eigenvalue weighted by atomic mass is 16.5. The van der Waals surface area contributed by atoms with Gasteiger partial charge in [-0.15, -0.1) is 0 Å². The van der Waals surface area contributed by atoms with Crippen molar-refractivity contribution < 1.29 is 14.6 Å². The Morgan fingerprint density at radius 2 is 1.68 bits per heavy atom. The summed E-state index contributed by atoms with van der Waals surface area (Å²) in [6.07, 6.45) is 13.0. The van der Waals surface area contributed by atoms with Crippen molar-refractivity contribution in [3.63, 3.8) is 0 Å². The monoisotopic (exact) mass is 347 g/mol. The molecule has 0 bridgehead atoms. The average molecular weight is 347 g/mol. The van der Waals surface area contributed by atoms with Gasteiger partial charge >= 0.3 is 5.97 Å². The Bertz CT molecular complexity index is 540. The quantitative estimate of drug-likeness (QED) is 0.337. The molecule has 1 aromatic rings. The summed E-state index contributed by atoms with van der Waals surface area (Å²) < 4.78 is 5.50. The molecule has 4 nitrogen and oxygen atoms in total. The second kappa shape index (κ2) is 12.5. The molecule has 0 aliphatic heterocycles. The molecule has 0 unspecified atom stereocenters. The largest absolute Gasteiger partial charge is 0.496 e. The minimum absolute atomic E-state index is 0.378. The zero-order chi connectivity index (χ0) is 18.5. The summed E-state index contributed by atoms with van der Waals surface area (Å²) in [5.41, 5.74) is 2.31. The van der Waals surface area contributed by atoms with Gasteiger partial charge in [0.2, 0.25) is 0 Å². The molecule has 0 radical (unpaired) electrons. The van der Waals surface area contributed by atoms with Crippen molar-refractivity contribution in [1.82, 2.24) is 0 Å². The molecular weight excluding hydrogens is 314 g/mol. The highest BCUT2D eigenvalue weighted by molar-refractivity contribution is 5.90. The van der Waals surface area contributed by atoms with E-state index in [0.717, 1.165) is 36.1 Å². The van der Waals surface area contributed by atoms with Crippen LogP contribution in [0.15, 0.2) is 12.1 Å². The summed E-state index contributed by atoms with van der Waals surface area (Å²) in [6, 6.07) is 3.43. The fourth-order valence-corrected chi connectivity index (χ4v) is 3.26. The van der Waals surface area contributed by atoms with Gasteiger partial charge in [0.1, 0.15) is 5.75 Å². The Hall–Kier alpha value is -1.84. The maximum absolute atomic E-state index is 11.6. The van der Waals surface area contributed by atoms with E-state index in [1.165, 1.54) is 44.7 Å². The Balaban J connectivity index is 2.80. The van der Waals surface area contributed by atoms with Gasteiger partial charge in [-0.05, 0) is 61.6 Å². The zero-order valence-corrected chi connectivity index (χ0v) is 15.8. The molecule has 0 heterocycles. The number of unbranched alkanes of at least 4 members (excludes halogenated alkanes) is 7. The van der Waals surface area contributed by atoms with Gasteiger partial charge in [0.05, 0.1) is 12.7 Å². The summed E-state index contributed by atoms with van der Waals surface area (Å²) in [5, 5.41) is 16.7. The minimum atomic E-state index is -0.881. The highest BCUT2D eigenvalue weighted by Gasteiger charge is 2.17. The number of hydrogen-bond donors (Lipinski definition) is 2. The minimum Gasteiger partial charge on any atom is -0.496 e. The van der Waals surface area contributed by atoms with Gasteiger partial charge in [-0.25, -0.2) is 4.79 Å². The fourth-order valence-electron chi connectivity index (χ4n) is 3.26. The van der Waals surface area contributed by atoms with Crippen molar-refractivity contribution >= 4 is 12.2 Å². The number of nitrogens with one attached hydrogen (secondary N) is 1. The molecule has 0 atom stereocenters. The molecule has 2 N–H and O–H groups in total. The third-order valence-corrected chi connectivity index (χ3v) is 4.64. The maximum Gasteiger partial charge on any atom is 0.335 e. The number of carbonyl (C=O) groups is 1. The fraction of sp³-hybridized carbons (Fsp3) is 0.619. The lowest BCUT2D eigenvalue weighted by Gasteiger charge is -2.16. The van der Waals surface area contributed by atoms with E-state index in [1.54, 1.807) is 19.2 Å². The highest BCUT2D eigenvalue weighted by Crippen LogP contribution is 2.29. The summed E-state index contributed by atoms with van der Waals surface area (Å²) >= 11 is 0. The molecule has 0 saturated carbocycles. The Morgan fingerprint density at radius 3 is 2.28 bits per heavy atom. The van der Waals surface area contributed by atoms with Crippen LogP contribution in [0, 0.1) is 5.41 Å². The van der Waals surface area contributed by atoms with Crippen molar-refractivity contribution in [2.45, 2.75) is 77.6 Å². The second-order valence-corrected chi connectivity index (χ2v) is 6.55. The van der Waals surface area contributed by atoms with Gasteiger partial charge < -0.3 is 15.3 Å². The Kier molecular flexibility index (Phi) is 10.6. The molecule has 1 aromatic carbocycles. The molecule has 0 aromatic heterocycles. The number of rotatable bonds is 14. The van der Waals surface area contributed by atoms with Crippen LogP contribution in [-0.4, -0.2) is 24.4 Å². The molecule has 140 valence electrons. The molecule has 0 amide bonds. The molecule has 4 heteroatoms. The summed E-state index contributed by atoms with van der Waals surface area (Å²) in [7, 11) is 1.64. The topological polar surface area (TPSA) is 70.4 Å². The number of hydrogen-bond acceptors (Lipinski definition) is 3. The summed E-state index contributed by atoms with van der Waals surface area (Å²) in [6.45, 7) is 2.22. The first kappa shape index (κ1) is 21.2. The zero-order valence-electron chi connectivity index (χ0n) is 15.8. The first-order valence-corrected chi connectivity index (χ1v) is 9.56. The van der Waals surface area contributed by atoms with E-state index in [2.05, 4.69) is 6.92 Å². The van der Waals surface area contributed by atoms with Crippen molar-refractivity contribution in [1.29, 1.82) is 5.41 Å². The first-order valence-electron chi connectivity index (χ1n) is 9.56. The Morgan fingerprint density at radius 1 is 1.04 bits per heavy atom. The summed E-state index contributed by atoms with van der Waals surface area (Å²) in [4.78, 5) is 11.6. The molecule has 0 aliphatic carbocycles. The number of carboxylic acid groups (broad SMARTS) is 1. The van der Waals surface area contributed by atoms with Gasteiger partial charge in [0.25, 0.3) is 0 Å². The van der Waals surface area contributed by atoms with Crippen LogP contribution in [0.5, 0.6) is 5.75 Å². The van der Waals surface area contributed by atoms with Crippen LogP contribution >= 0.6 is 0 Å². The smallest absolute Gasteiger partial charge is 0.335 e. The number of aromatic carboxylic acids is 1. The van der Waals surface area contributed by atoms with E-state index in [1.807, 2.05) is 0 Å². The van der Waals surface area contributed by atoms with Crippen molar-refractivity contribution in [2.24, 2.45) is 0 Å². The van der Waals surface area contributed by atoms with Crippen molar-refractivity contribution in [3.8, 4) is 5.75 Å². The molecule has 0 saturated heterocycles. The van der Waals surface area contributed by atoms with E-state index in [9.17, 15) is 9.90 Å². The molecule has 25 heavy (non-hydrogen) atoms. The molecule has 1 rings (SSSR count). The number of methoxy groups -OCH3 is 1. The van der Waals surface area contributed by atoms with Crippen LogP contribution < -0.4 is 4.74 Å². The van der Waals surface area contributed by atoms with Crippen LogP contribution in [-0.2, 0) is 12.8 Å². The predicted octanol–water partition coefficient (Wildman–Crippen LogP) is 5.66. The number of carboxylic acids is 1. The predicted molar refractivity (Wildman–Crippen MR) is 103 cm³/mol. The lowest BCUT2D eigenvalue weighted by molar-refractivity contribution is 0.0695. The summed E-state index contributed by atoms with van der Waals surface area (Å²) in [5.74, 6) is -0.0887. The van der Waals surface area contributed by atoms with E-state index in [4.69, 9.17) is 10.1 Å². The molecule has 0 fully saturated rings. The lowest BCUT2D eigenvalue weighted by Crippen LogP contribution is -2.08. The third-order valence-electron chi connectivity index (χ3n) is 4.64. The van der Waals surface area contributed by atoms with Gasteiger partial charge in [-0.1, -0.05) is 45.4 Å². The van der Waals surface area contributed by atoms with Crippen LogP contribution in [0.25, 0.3) is 0 Å². The normalized spacial score (nSPS) is 10.6. The van der Waals surface area contributed by atoms with E-state index < -0.39 is 5.97 Å². The molecule has 0 spiro atoms. The average Bonchev–Trinajstić information content (AvgIpc) is 2.61. The first-order chi connectivity index (χ1) is 12.2. The van der Waals surface area contributed by atoms with Crippen LogP contribution in [0.4, 0.5) is 0 Å².